The molecule has 5 heteroatoms. The summed E-state index contributed by atoms with van der Waals surface area (Å²) in [6, 6.07) is 0. The van der Waals surface area contributed by atoms with E-state index in [1.54, 1.807) is 14.1 Å². The summed E-state index contributed by atoms with van der Waals surface area (Å²) in [5, 5.41) is 2.51. The van der Waals surface area contributed by atoms with E-state index in [0.29, 0.717) is 18.9 Å². The highest BCUT2D eigenvalue weighted by Gasteiger charge is 2.25. The predicted molar refractivity (Wildman–Crippen MR) is 77.6 cm³/mol. The zero-order chi connectivity index (χ0) is 15.1. The Morgan fingerprint density at radius 1 is 1.26 bits per heavy atom. The highest BCUT2D eigenvalue weighted by Crippen LogP contribution is 2.32. The SMILES string of the molecule is CNC(=O)CN(C)C(=O)CCC(CCN)C(C)(C)C. The summed E-state index contributed by atoms with van der Waals surface area (Å²) < 4.78 is 0. The van der Waals surface area contributed by atoms with Crippen LogP contribution in [0.3, 0.4) is 0 Å². The van der Waals surface area contributed by atoms with Crippen LogP contribution in [0.1, 0.15) is 40.0 Å². The number of rotatable bonds is 7. The molecule has 0 spiro atoms. The Balaban J connectivity index is 4.28. The molecule has 0 fully saturated rings. The molecule has 0 aromatic rings. The van der Waals surface area contributed by atoms with E-state index in [1.165, 1.54) is 4.90 Å². The Kier molecular flexibility index (Phi) is 7.68. The molecule has 1 atom stereocenters. The van der Waals surface area contributed by atoms with Crippen LogP contribution in [0, 0.1) is 11.3 Å². The first kappa shape index (κ1) is 17.9. The van der Waals surface area contributed by atoms with Gasteiger partial charge in [-0.25, -0.2) is 0 Å². The van der Waals surface area contributed by atoms with Gasteiger partial charge in [0.05, 0.1) is 6.54 Å². The zero-order valence-electron chi connectivity index (χ0n) is 13.0. The minimum absolute atomic E-state index is 0.00914. The summed E-state index contributed by atoms with van der Waals surface area (Å²) in [5.74, 6) is 0.287. The quantitative estimate of drug-likeness (QED) is 0.725. The van der Waals surface area contributed by atoms with Crippen LogP contribution in [0.4, 0.5) is 0 Å². The lowest BCUT2D eigenvalue weighted by atomic mass is 9.76. The third-order valence-corrected chi connectivity index (χ3v) is 3.53. The lowest BCUT2D eigenvalue weighted by Gasteiger charge is -2.31. The van der Waals surface area contributed by atoms with Gasteiger partial charge in [0, 0.05) is 20.5 Å². The van der Waals surface area contributed by atoms with Gasteiger partial charge in [-0.3, -0.25) is 9.59 Å². The van der Waals surface area contributed by atoms with E-state index in [0.717, 1.165) is 12.8 Å². The molecule has 1 unspecified atom stereocenters. The standard InChI is InChI=1S/C14H29N3O2/c1-14(2,3)11(8-9-15)6-7-13(19)17(5)10-12(18)16-4/h11H,6-10,15H2,1-5H3,(H,16,18). The molecule has 2 amide bonds. The number of carbonyl (C=O) groups excluding carboxylic acids is 2. The Morgan fingerprint density at radius 2 is 1.84 bits per heavy atom. The molecule has 0 rings (SSSR count). The zero-order valence-corrected chi connectivity index (χ0v) is 13.0. The van der Waals surface area contributed by atoms with Crippen molar-refractivity contribution in [3.63, 3.8) is 0 Å². The highest BCUT2D eigenvalue weighted by molar-refractivity contribution is 5.84. The van der Waals surface area contributed by atoms with Crippen molar-refractivity contribution >= 4 is 11.8 Å². The smallest absolute Gasteiger partial charge is 0.239 e. The van der Waals surface area contributed by atoms with Gasteiger partial charge in [0.15, 0.2) is 0 Å². The van der Waals surface area contributed by atoms with Gasteiger partial charge in [0.25, 0.3) is 0 Å². The molecule has 0 heterocycles. The molecule has 3 N–H and O–H groups in total. The number of nitrogens with zero attached hydrogens (tertiary/aromatic N) is 1. The highest BCUT2D eigenvalue weighted by atomic mass is 16.2. The van der Waals surface area contributed by atoms with Gasteiger partial charge in [-0.1, -0.05) is 20.8 Å². The lowest BCUT2D eigenvalue weighted by Crippen LogP contribution is -2.37. The summed E-state index contributed by atoms with van der Waals surface area (Å²) in [5.41, 5.74) is 5.78. The van der Waals surface area contributed by atoms with E-state index in [-0.39, 0.29) is 23.8 Å². The number of hydrogen-bond donors (Lipinski definition) is 2. The molecule has 0 saturated carbocycles. The van der Waals surface area contributed by atoms with Gasteiger partial charge in [-0.05, 0) is 30.7 Å². The fraction of sp³-hybridized carbons (Fsp3) is 0.857. The van der Waals surface area contributed by atoms with Gasteiger partial charge >= 0.3 is 0 Å². The van der Waals surface area contributed by atoms with E-state index in [9.17, 15) is 9.59 Å². The van der Waals surface area contributed by atoms with Crippen molar-refractivity contribution in [2.45, 2.75) is 40.0 Å². The molecule has 0 bridgehead atoms. The van der Waals surface area contributed by atoms with Crippen LogP contribution in [0.25, 0.3) is 0 Å². The largest absolute Gasteiger partial charge is 0.358 e. The molecule has 5 nitrogen and oxygen atoms in total. The first-order valence-corrected chi connectivity index (χ1v) is 6.87. The van der Waals surface area contributed by atoms with Crippen LogP contribution < -0.4 is 11.1 Å². The Hall–Kier alpha value is -1.10. The first-order valence-electron chi connectivity index (χ1n) is 6.87. The van der Waals surface area contributed by atoms with E-state index in [1.807, 2.05) is 0 Å². The van der Waals surface area contributed by atoms with Crippen LogP contribution in [0.5, 0.6) is 0 Å². The van der Waals surface area contributed by atoms with Crippen LogP contribution in [0.2, 0.25) is 0 Å². The fourth-order valence-electron chi connectivity index (χ4n) is 2.08. The molecule has 0 aliphatic rings. The maximum absolute atomic E-state index is 11.9. The summed E-state index contributed by atoms with van der Waals surface area (Å²) in [6.45, 7) is 7.28. The Bertz CT molecular complexity index is 298. The monoisotopic (exact) mass is 271 g/mol. The van der Waals surface area contributed by atoms with Gasteiger partial charge in [-0.15, -0.1) is 0 Å². The molecule has 0 aliphatic heterocycles. The summed E-state index contributed by atoms with van der Waals surface area (Å²) >= 11 is 0. The fourth-order valence-corrected chi connectivity index (χ4v) is 2.08. The van der Waals surface area contributed by atoms with Crippen molar-refractivity contribution in [2.75, 3.05) is 27.2 Å². The van der Waals surface area contributed by atoms with E-state index in [2.05, 4.69) is 26.1 Å². The lowest BCUT2D eigenvalue weighted by molar-refractivity contribution is -0.134. The minimum atomic E-state index is -0.148. The van der Waals surface area contributed by atoms with Crippen molar-refractivity contribution in [3.05, 3.63) is 0 Å². The molecule has 112 valence electrons. The first-order chi connectivity index (χ1) is 8.72. The van der Waals surface area contributed by atoms with Crippen molar-refractivity contribution in [1.82, 2.24) is 10.2 Å². The number of hydrogen-bond acceptors (Lipinski definition) is 3. The Morgan fingerprint density at radius 3 is 2.26 bits per heavy atom. The van der Waals surface area contributed by atoms with Crippen LogP contribution in [0.15, 0.2) is 0 Å². The predicted octanol–water partition coefficient (Wildman–Crippen LogP) is 0.982. The van der Waals surface area contributed by atoms with Crippen molar-refractivity contribution in [2.24, 2.45) is 17.1 Å². The summed E-state index contributed by atoms with van der Waals surface area (Å²) in [7, 11) is 3.23. The van der Waals surface area contributed by atoms with E-state index in [4.69, 9.17) is 5.73 Å². The second-order valence-electron chi connectivity index (χ2n) is 6.10. The minimum Gasteiger partial charge on any atom is -0.358 e. The van der Waals surface area contributed by atoms with Crippen LogP contribution in [-0.2, 0) is 9.59 Å². The topological polar surface area (TPSA) is 75.4 Å². The number of nitrogens with two attached hydrogens (primary N) is 1. The van der Waals surface area contributed by atoms with Crippen molar-refractivity contribution in [1.29, 1.82) is 0 Å². The average Bonchev–Trinajstić information content (AvgIpc) is 2.32. The molecular formula is C14H29N3O2. The molecule has 0 radical (unpaired) electrons. The van der Waals surface area contributed by atoms with E-state index >= 15 is 0 Å². The molecule has 0 aromatic heterocycles. The third-order valence-electron chi connectivity index (χ3n) is 3.53. The Labute approximate surface area is 116 Å². The molecule has 19 heavy (non-hydrogen) atoms. The number of likely N-dealkylation sites (N-methyl/N-ethyl adjacent to an activating group) is 2. The number of carbonyl (C=O) groups is 2. The average molecular weight is 271 g/mol. The number of amides is 2. The summed E-state index contributed by atoms with van der Waals surface area (Å²) in [6.07, 6.45) is 2.21. The normalized spacial score (nSPS) is 12.9. The van der Waals surface area contributed by atoms with Crippen LogP contribution in [-0.4, -0.2) is 43.9 Å². The summed E-state index contributed by atoms with van der Waals surface area (Å²) in [4.78, 5) is 24.6. The molecular weight excluding hydrogens is 242 g/mol. The maximum atomic E-state index is 11.9. The maximum Gasteiger partial charge on any atom is 0.239 e. The van der Waals surface area contributed by atoms with Crippen molar-refractivity contribution in [3.8, 4) is 0 Å². The van der Waals surface area contributed by atoms with Gasteiger partial charge in [-0.2, -0.15) is 0 Å². The molecule has 0 saturated heterocycles. The van der Waals surface area contributed by atoms with Gasteiger partial charge in [0.2, 0.25) is 11.8 Å². The van der Waals surface area contributed by atoms with E-state index < -0.39 is 0 Å². The number of nitrogens with one attached hydrogen (secondary N) is 1. The molecule has 0 aromatic carbocycles. The second-order valence-corrected chi connectivity index (χ2v) is 6.10. The van der Waals surface area contributed by atoms with Crippen molar-refractivity contribution < 1.29 is 9.59 Å². The second kappa shape index (κ2) is 8.15. The van der Waals surface area contributed by atoms with Gasteiger partial charge in [0.1, 0.15) is 0 Å². The van der Waals surface area contributed by atoms with Crippen LogP contribution >= 0.6 is 0 Å². The van der Waals surface area contributed by atoms with Gasteiger partial charge < -0.3 is 16.0 Å². The third kappa shape index (κ3) is 7.15. The molecule has 0 aliphatic carbocycles.